The quantitative estimate of drug-likeness (QED) is 0.518. The van der Waals surface area contributed by atoms with Gasteiger partial charge in [-0.2, -0.15) is 0 Å². The molecule has 0 saturated carbocycles. The summed E-state index contributed by atoms with van der Waals surface area (Å²) in [6.45, 7) is 0. The summed E-state index contributed by atoms with van der Waals surface area (Å²) in [6.07, 6.45) is 1.49. The second-order valence-corrected chi connectivity index (χ2v) is 2.43. The van der Waals surface area contributed by atoms with E-state index in [1.807, 2.05) is 12.1 Å². The van der Waals surface area contributed by atoms with Gasteiger partial charge < -0.3 is 0 Å². The number of hydrogen-bond donors (Lipinski definition) is 0. The Hall–Kier alpha value is -0.730. The Morgan fingerprint density at radius 2 is 1.91 bits per heavy atom. The monoisotopic (exact) mass is 189 g/mol. The molecule has 4 heteroatoms. The van der Waals surface area contributed by atoms with Gasteiger partial charge in [-0.15, -0.1) is 0 Å². The Kier molecular flexibility index (Phi) is 3.20. The van der Waals surface area contributed by atoms with E-state index in [0.29, 0.717) is 5.02 Å². The van der Waals surface area contributed by atoms with Gasteiger partial charge in [-0.25, -0.2) is 0 Å². The fourth-order valence-electron chi connectivity index (χ4n) is 0.630. The second-order valence-electron chi connectivity index (χ2n) is 1.86. The molecule has 0 saturated heterocycles. The van der Waals surface area contributed by atoms with Crippen LogP contribution in [0.2, 0.25) is 5.02 Å². The first-order valence-electron chi connectivity index (χ1n) is 2.89. The molecule has 0 radical (unpaired) electrons. The van der Waals surface area contributed by atoms with Crippen LogP contribution in [-0.2, 0) is 4.39 Å². The molecule has 0 bridgehead atoms. The van der Waals surface area contributed by atoms with Gasteiger partial charge >= 0.3 is 0 Å². The zero-order valence-corrected chi connectivity index (χ0v) is 7.01. The zero-order chi connectivity index (χ0) is 8.10. The zero-order valence-electron chi connectivity index (χ0n) is 5.50. The summed E-state index contributed by atoms with van der Waals surface area (Å²) in [4.78, 5) is 0. The summed E-state index contributed by atoms with van der Waals surface area (Å²) < 4.78 is 3.98. The highest BCUT2D eigenvalue weighted by atomic mass is 35.5. The van der Waals surface area contributed by atoms with E-state index in [-0.39, 0.29) is 0 Å². The van der Waals surface area contributed by atoms with Crippen molar-refractivity contribution in [1.29, 1.82) is 0 Å². The highest BCUT2D eigenvalue weighted by molar-refractivity contribution is 6.30. The van der Waals surface area contributed by atoms with E-state index in [1.54, 1.807) is 12.1 Å². The molecule has 0 aromatic heterocycles. The summed E-state index contributed by atoms with van der Waals surface area (Å²) in [5, 5.41) is 4.06. The molecule has 58 valence electrons. The topological polar surface area (TPSA) is 21.6 Å². The molecule has 0 heterocycles. The fourth-order valence-corrected chi connectivity index (χ4v) is 0.795. The Morgan fingerprint density at radius 1 is 1.27 bits per heavy atom. The van der Waals surface area contributed by atoms with Crippen LogP contribution in [0.3, 0.4) is 0 Å². The summed E-state index contributed by atoms with van der Waals surface area (Å²) >= 11 is 10.5. The summed E-state index contributed by atoms with van der Waals surface area (Å²) in [5.74, 6) is 0. The molecule has 1 aromatic carbocycles. The van der Waals surface area contributed by atoms with Crippen LogP contribution < -0.4 is 0 Å². The lowest BCUT2D eigenvalue weighted by atomic mass is 10.2. The maximum Gasteiger partial charge on any atom is 0.167 e. The van der Waals surface area contributed by atoms with Crippen LogP contribution in [-0.4, -0.2) is 6.21 Å². The SMILES string of the molecule is ClO/N=C/c1ccc(Cl)cc1. The first-order chi connectivity index (χ1) is 5.33. The van der Waals surface area contributed by atoms with Crippen molar-refractivity contribution in [1.82, 2.24) is 0 Å². The molecule has 0 aliphatic rings. The number of hydrogen-bond acceptors (Lipinski definition) is 2. The van der Waals surface area contributed by atoms with Gasteiger partial charge in [-0.3, -0.25) is 4.39 Å². The molecule has 11 heavy (non-hydrogen) atoms. The molecule has 1 rings (SSSR count). The van der Waals surface area contributed by atoms with E-state index >= 15 is 0 Å². The van der Waals surface area contributed by atoms with Crippen molar-refractivity contribution in [2.75, 3.05) is 0 Å². The van der Waals surface area contributed by atoms with E-state index in [1.165, 1.54) is 6.21 Å². The van der Waals surface area contributed by atoms with Crippen molar-refractivity contribution in [2.24, 2.45) is 5.16 Å². The van der Waals surface area contributed by atoms with Crippen LogP contribution in [0.25, 0.3) is 0 Å². The fraction of sp³-hybridized carbons (Fsp3) is 0. The van der Waals surface area contributed by atoms with Crippen molar-refractivity contribution in [3.05, 3.63) is 34.9 Å². The number of rotatable bonds is 2. The lowest BCUT2D eigenvalue weighted by molar-refractivity contribution is 0.383. The molecule has 0 amide bonds. The average molecular weight is 190 g/mol. The minimum absolute atomic E-state index is 0.689. The molecule has 0 atom stereocenters. The third-order valence-electron chi connectivity index (χ3n) is 1.11. The lowest BCUT2D eigenvalue weighted by Crippen LogP contribution is -1.78. The number of nitrogens with zero attached hydrogens (tertiary/aromatic N) is 1. The van der Waals surface area contributed by atoms with Crippen molar-refractivity contribution in [3.63, 3.8) is 0 Å². The van der Waals surface area contributed by atoms with E-state index < -0.39 is 0 Å². The Bertz CT molecular complexity index is 245. The van der Waals surface area contributed by atoms with Crippen molar-refractivity contribution < 1.29 is 4.39 Å². The minimum atomic E-state index is 0.689. The van der Waals surface area contributed by atoms with Gasteiger partial charge in [-0.05, 0) is 17.7 Å². The van der Waals surface area contributed by atoms with Gasteiger partial charge in [0, 0.05) is 5.02 Å². The molecule has 0 aliphatic carbocycles. The highest BCUT2D eigenvalue weighted by Crippen LogP contribution is 2.07. The minimum Gasteiger partial charge on any atom is -0.277 e. The van der Waals surface area contributed by atoms with Crippen molar-refractivity contribution in [3.8, 4) is 0 Å². The Balaban J connectivity index is 2.73. The lowest BCUT2D eigenvalue weighted by Gasteiger charge is -1.90. The molecule has 1 aromatic rings. The third-order valence-corrected chi connectivity index (χ3v) is 1.44. The molecular formula is C7H5Cl2NO. The van der Waals surface area contributed by atoms with Crippen LogP contribution in [0.5, 0.6) is 0 Å². The standard InChI is InChI=1S/C7H5Cl2NO/c8-7-3-1-6(2-4-7)5-10-11-9/h1-5H/b10-5+. The van der Waals surface area contributed by atoms with Gasteiger partial charge in [0.05, 0.1) is 6.21 Å². The number of oxime groups is 1. The molecule has 0 aliphatic heterocycles. The first kappa shape index (κ1) is 8.37. The van der Waals surface area contributed by atoms with E-state index in [2.05, 4.69) is 9.55 Å². The van der Waals surface area contributed by atoms with Crippen LogP contribution in [0.4, 0.5) is 0 Å². The Morgan fingerprint density at radius 3 is 2.45 bits per heavy atom. The Labute approximate surface area is 74.5 Å². The molecule has 2 nitrogen and oxygen atoms in total. The smallest absolute Gasteiger partial charge is 0.167 e. The maximum atomic E-state index is 5.64. The predicted molar refractivity (Wildman–Crippen MR) is 46.0 cm³/mol. The number of halogens is 2. The number of benzene rings is 1. The van der Waals surface area contributed by atoms with E-state index in [0.717, 1.165) is 5.56 Å². The molecule has 0 spiro atoms. The largest absolute Gasteiger partial charge is 0.277 e. The molecule has 0 fully saturated rings. The average Bonchev–Trinajstić information content (AvgIpc) is 2.04. The highest BCUT2D eigenvalue weighted by Gasteiger charge is 1.87. The van der Waals surface area contributed by atoms with Crippen LogP contribution in [0.1, 0.15) is 5.56 Å². The maximum absolute atomic E-state index is 5.64. The van der Waals surface area contributed by atoms with Crippen LogP contribution in [0, 0.1) is 0 Å². The molecule has 0 unspecified atom stereocenters. The van der Waals surface area contributed by atoms with Crippen molar-refractivity contribution in [2.45, 2.75) is 0 Å². The van der Waals surface area contributed by atoms with Gasteiger partial charge in [0.25, 0.3) is 0 Å². The predicted octanol–water partition coefficient (Wildman–Crippen LogP) is 2.84. The van der Waals surface area contributed by atoms with Crippen molar-refractivity contribution >= 4 is 29.7 Å². The van der Waals surface area contributed by atoms with Crippen LogP contribution >= 0.6 is 23.5 Å². The van der Waals surface area contributed by atoms with E-state index in [9.17, 15) is 0 Å². The van der Waals surface area contributed by atoms with Gasteiger partial charge in [0.2, 0.25) is 0 Å². The van der Waals surface area contributed by atoms with Gasteiger partial charge in [-0.1, -0.05) is 28.9 Å². The van der Waals surface area contributed by atoms with Gasteiger partial charge in [0.1, 0.15) is 0 Å². The third kappa shape index (κ3) is 2.78. The van der Waals surface area contributed by atoms with E-state index in [4.69, 9.17) is 23.5 Å². The molecule has 0 N–H and O–H groups in total. The summed E-state index contributed by atoms with van der Waals surface area (Å²) in [7, 11) is 0. The normalized spacial score (nSPS) is 10.4. The second kappa shape index (κ2) is 4.21. The summed E-state index contributed by atoms with van der Waals surface area (Å²) in [6, 6.07) is 7.14. The first-order valence-corrected chi connectivity index (χ1v) is 3.58. The van der Waals surface area contributed by atoms with Gasteiger partial charge in [0.15, 0.2) is 11.9 Å². The molecular weight excluding hydrogens is 185 g/mol. The summed E-state index contributed by atoms with van der Waals surface area (Å²) in [5.41, 5.74) is 0.884. The van der Waals surface area contributed by atoms with Crippen LogP contribution in [0.15, 0.2) is 29.4 Å².